The molecule has 1 unspecified atom stereocenters. The second-order valence-corrected chi connectivity index (χ2v) is 9.28. The fourth-order valence-electron chi connectivity index (χ4n) is 3.91. The zero-order valence-corrected chi connectivity index (χ0v) is 20.9. The van der Waals surface area contributed by atoms with Crippen molar-refractivity contribution in [1.29, 1.82) is 0 Å². The van der Waals surface area contributed by atoms with E-state index < -0.39 is 6.04 Å². The molecule has 8 heteroatoms. The summed E-state index contributed by atoms with van der Waals surface area (Å²) >= 11 is 1.63. The number of hydrogen-bond acceptors (Lipinski definition) is 6. The van der Waals surface area contributed by atoms with Crippen molar-refractivity contribution in [3.8, 4) is 5.75 Å². The van der Waals surface area contributed by atoms with Gasteiger partial charge in [-0.1, -0.05) is 61.0 Å². The van der Waals surface area contributed by atoms with Crippen LogP contribution in [0.1, 0.15) is 50.8 Å². The van der Waals surface area contributed by atoms with Gasteiger partial charge in [0.05, 0.1) is 12.2 Å². The monoisotopic (exact) mass is 477 g/mol. The highest BCUT2D eigenvalue weighted by molar-refractivity contribution is 7.99. The topological polar surface area (TPSA) is 81.1 Å². The van der Waals surface area contributed by atoms with E-state index in [4.69, 9.17) is 14.8 Å². The number of ether oxygens (including phenoxy) is 1. The van der Waals surface area contributed by atoms with Crippen LogP contribution in [-0.4, -0.2) is 33.0 Å². The number of benzene rings is 2. The van der Waals surface area contributed by atoms with E-state index in [2.05, 4.69) is 17.6 Å². The van der Waals surface area contributed by atoms with Crippen LogP contribution in [0.15, 0.2) is 65.0 Å². The Bertz CT molecular complexity index is 1190. The molecule has 178 valence electrons. The van der Waals surface area contributed by atoms with Crippen LogP contribution in [0.2, 0.25) is 0 Å². The van der Waals surface area contributed by atoms with Gasteiger partial charge in [-0.05, 0) is 45.4 Å². The SMILES string of the molecule is CCCCSc1nc2n(n1)C(c1ccccc1OCC)C(C(=O)Nc1ccc(C)cc1)=C(C)N2. The summed E-state index contributed by atoms with van der Waals surface area (Å²) in [4.78, 5) is 18.3. The third-order valence-corrected chi connectivity index (χ3v) is 6.55. The molecule has 1 aromatic heterocycles. The zero-order chi connectivity index (χ0) is 24.1. The van der Waals surface area contributed by atoms with Gasteiger partial charge in [-0.15, -0.1) is 5.10 Å². The maximum atomic E-state index is 13.6. The Morgan fingerprint density at radius 3 is 2.65 bits per heavy atom. The number of allylic oxidation sites excluding steroid dienone is 1. The number of anilines is 2. The average Bonchev–Trinajstić information content (AvgIpc) is 3.22. The van der Waals surface area contributed by atoms with E-state index in [0.29, 0.717) is 23.3 Å². The molecule has 1 amide bonds. The molecule has 2 aromatic carbocycles. The number of rotatable bonds is 9. The first kappa shape index (κ1) is 23.9. The number of unbranched alkanes of at least 4 members (excludes halogenated alkanes) is 1. The third kappa shape index (κ3) is 5.12. The van der Waals surface area contributed by atoms with Crippen molar-refractivity contribution in [1.82, 2.24) is 14.8 Å². The summed E-state index contributed by atoms with van der Waals surface area (Å²) in [5.74, 6) is 2.12. The largest absolute Gasteiger partial charge is 0.494 e. The Balaban J connectivity index is 1.76. The van der Waals surface area contributed by atoms with Crippen molar-refractivity contribution in [2.45, 2.75) is 51.7 Å². The molecule has 0 aliphatic carbocycles. The smallest absolute Gasteiger partial charge is 0.255 e. The standard InChI is InChI=1S/C26H31N5O2S/c1-5-7-16-34-26-29-25-27-18(4)22(24(32)28-19-14-12-17(3)13-15-19)23(31(25)30-26)20-10-8-9-11-21(20)33-6-2/h8-15,23H,5-7,16H2,1-4H3,(H,28,32)(H,27,29,30). The first-order valence-electron chi connectivity index (χ1n) is 11.7. The Labute approximate surface area is 205 Å². The zero-order valence-electron chi connectivity index (χ0n) is 20.1. The van der Waals surface area contributed by atoms with Crippen LogP contribution in [0.3, 0.4) is 0 Å². The van der Waals surface area contributed by atoms with Crippen molar-refractivity contribution >= 4 is 29.3 Å². The number of aryl methyl sites for hydroxylation is 1. The van der Waals surface area contributed by atoms with Gasteiger partial charge >= 0.3 is 0 Å². The molecule has 0 bridgehead atoms. The highest BCUT2D eigenvalue weighted by Crippen LogP contribution is 2.40. The molecule has 0 radical (unpaired) electrons. The fourth-order valence-corrected chi connectivity index (χ4v) is 4.82. The molecule has 7 nitrogen and oxygen atoms in total. The number of nitrogens with zero attached hydrogens (tertiary/aromatic N) is 3. The lowest BCUT2D eigenvalue weighted by molar-refractivity contribution is -0.113. The molecular formula is C26H31N5O2S. The molecular weight excluding hydrogens is 446 g/mol. The van der Waals surface area contributed by atoms with Crippen LogP contribution < -0.4 is 15.4 Å². The predicted octanol–water partition coefficient (Wildman–Crippen LogP) is 5.81. The Hall–Kier alpha value is -3.26. The number of carbonyl (C=O) groups excluding carboxylic acids is 1. The van der Waals surface area contributed by atoms with Gasteiger partial charge in [-0.25, -0.2) is 4.68 Å². The van der Waals surface area contributed by atoms with Crippen molar-refractivity contribution in [2.75, 3.05) is 23.0 Å². The van der Waals surface area contributed by atoms with E-state index in [1.807, 2.05) is 74.0 Å². The lowest BCUT2D eigenvalue weighted by Gasteiger charge is -2.29. The van der Waals surface area contributed by atoms with E-state index in [1.54, 1.807) is 11.8 Å². The Kier molecular flexibility index (Phi) is 7.57. The molecule has 1 atom stereocenters. The minimum absolute atomic E-state index is 0.188. The van der Waals surface area contributed by atoms with E-state index >= 15 is 0 Å². The number of carbonyl (C=O) groups is 1. The summed E-state index contributed by atoms with van der Waals surface area (Å²) in [6.45, 7) is 8.57. The summed E-state index contributed by atoms with van der Waals surface area (Å²) < 4.78 is 7.75. The first-order chi connectivity index (χ1) is 16.5. The number of hydrogen-bond donors (Lipinski definition) is 2. The number of para-hydroxylation sites is 1. The van der Waals surface area contributed by atoms with Crippen LogP contribution in [0.4, 0.5) is 11.6 Å². The predicted molar refractivity (Wildman–Crippen MR) is 138 cm³/mol. The van der Waals surface area contributed by atoms with E-state index in [0.717, 1.165) is 46.9 Å². The molecule has 0 spiro atoms. The van der Waals surface area contributed by atoms with Crippen molar-refractivity contribution in [2.24, 2.45) is 0 Å². The van der Waals surface area contributed by atoms with Gasteiger partial charge in [0.15, 0.2) is 0 Å². The van der Waals surface area contributed by atoms with Gasteiger partial charge < -0.3 is 15.4 Å². The maximum absolute atomic E-state index is 13.6. The number of nitrogens with one attached hydrogen (secondary N) is 2. The number of thioether (sulfide) groups is 1. The minimum atomic E-state index is -0.475. The molecule has 0 saturated carbocycles. The molecule has 4 rings (SSSR count). The van der Waals surface area contributed by atoms with Crippen LogP contribution in [0, 0.1) is 6.92 Å². The van der Waals surface area contributed by atoms with E-state index in [9.17, 15) is 4.79 Å². The molecule has 1 aliphatic rings. The maximum Gasteiger partial charge on any atom is 0.255 e. The lowest BCUT2D eigenvalue weighted by atomic mass is 9.94. The number of fused-ring (bicyclic) bond motifs is 1. The average molecular weight is 478 g/mol. The second-order valence-electron chi connectivity index (χ2n) is 8.22. The molecule has 2 heterocycles. The van der Waals surface area contributed by atoms with Gasteiger partial charge in [-0.3, -0.25) is 4.79 Å². The normalized spacial score (nSPS) is 15.0. The van der Waals surface area contributed by atoms with Gasteiger partial charge in [-0.2, -0.15) is 4.98 Å². The summed E-state index contributed by atoms with van der Waals surface area (Å²) in [7, 11) is 0. The first-order valence-corrected chi connectivity index (χ1v) is 12.7. The van der Waals surface area contributed by atoms with E-state index in [1.165, 1.54) is 0 Å². The fraction of sp³-hybridized carbons (Fsp3) is 0.346. The lowest BCUT2D eigenvalue weighted by Crippen LogP contribution is -2.31. The van der Waals surface area contributed by atoms with Crippen molar-refractivity contribution < 1.29 is 9.53 Å². The van der Waals surface area contributed by atoms with Gasteiger partial charge in [0.2, 0.25) is 11.1 Å². The third-order valence-electron chi connectivity index (χ3n) is 5.63. The quantitative estimate of drug-likeness (QED) is 0.299. The van der Waals surface area contributed by atoms with Gasteiger partial charge in [0, 0.05) is 22.7 Å². The van der Waals surface area contributed by atoms with Crippen molar-refractivity contribution in [3.05, 3.63) is 70.9 Å². The number of aromatic nitrogens is 3. The van der Waals surface area contributed by atoms with E-state index in [-0.39, 0.29) is 5.91 Å². The Morgan fingerprint density at radius 1 is 1.15 bits per heavy atom. The van der Waals surface area contributed by atoms with Crippen LogP contribution in [0.25, 0.3) is 0 Å². The summed E-state index contributed by atoms with van der Waals surface area (Å²) in [5, 5.41) is 11.9. The van der Waals surface area contributed by atoms with Gasteiger partial charge in [0.25, 0.3) is 5.91 Å². The molecule has 0 saturated heterocycles. The van der Waals surface area contributed by atoms with Crippen LogP contribution in [-0.2, 0) is 4.79 Å². The molecule has 3 aromatic rings. The van der Waals surface area contributed by atoms with Crippen LogP contribution >= 0.6 is 11.8 Å². The second kappa shape index (κ2) is 10.8. The summed E-state index contributed by atoms with van der Waals surface area (Å²) in [6, 6.07) is 15.1. The molecule has 0 fully saturated rings. The summed E-state index contributed by atoms with van der Waals surface area (Å²) in [6.07, 6.45) is 2.22. The van der Waals surface area contributed by atoms with Crippen LogP contribution in [0.5, 0.6) is 5.75 Å². The minimum Gasteiger partial charge on any atom is -0.494 e. The van der Waals surface area contributed by atoms with Gasteiger partial charge in [0.1, 0.15) is 11.8 Å². The highest BCUT2D eigenvalue weighted by Gasteiger charge is 2.36. The number of amides is 1. The van der Waals surface area contributed by atoms with Crippen molar-refractivity contribution in [3.63, 3.8) is 0 Å². The molecule has 2 N–H and O–H groups in total. The summed E-state index contributed by atoms with van der Waals surface area (Å²) in [5.41, 5.74) is 4.07. The molecule has 34 heavy (non-hydrogen) atoms. The Morgan fingerprint density at radius 2 is 1.91 bits per heavy atom. The highest BCUT2D eigenvalue weighted by atomic mass is 32.2. The molecule has 1 aliphatic heterocycles.